The lowest BCUT2D eigenvalue weighted by molar-refractivity contribution is 0.0382. The van der Waals surface area contributed by atoms with Crippen molar-refractivity contribution in [1.29, 1.82) is 0 Å². The molecule has 16 heavy (non-hydrogen) atoms. The van der Waals surface area contributed by atoms with Gasteiger partial charge >= 0.3 is 0 Å². The van der Waals surface area contributed by atoms with Crippen molar-refractivity contribution in [2.75, 3.05) is 50.9 Å². The van der Waals surface area contributed by atoms with E-state index in [-0.39, 0.29) is 6.04 Å². The van der Waals surface area contributed by atoms with Crippen LogP contribution in [-0.2, 0) is 14.6 Å². The number of nitrogens with one attached hydrogen (secondary N) is 1. The standard InChI is InChI=1S/C10H20N2O3S/c13-16(14)8-1-10(9-16)11-2-3-12-4-6-15-7-5-12/h10-11H,1-9H2/t10-/m1/s1. The second-order valence-electron chi connectivity index (χ2n) is 4.51. The molecule has 0 radical (unpaired) electrons. The van der Waals surface area contributed by atoms with Gasteiger partial charge in [-0.2, -0.15) is 0 Å². The van der Waals surface area contributed by atoms with Crippen LogP contribution in [-0.4, -0.2) is 70.3 Å². The maximum absolute atomic E-state index is 11.2. The third kappa shape index (κ3) is 3.69. The van der Waals surface area contributed by atoms with Crippen LogP contribution in [0.25, 0.3) is 0 Å². The lowest BCUT2D eigenvalue weighted by Crippen LogP contribution is -2.42. The Kier molecular flexibility index (Phi) is 4.18. The van der Waals surface area contributed by atoms with Crippen LogP contribution < -0.4 is 5.32 Å². The van der Waals surface area contributed by atoms with E-state index in [0.717, 1.165) is 45.8 Å². The van der Waals surface area contributed by atoms with Crippen molar-refractivity contribution < 1.29 is 13.2 Å². The van der Waals surface area contributed by atoms with Gasteiger partial charge in [-0.15, -0.1) is 0 Å². The van der Waals surface area contributed by atoms with E-state index in [1.807, 2.05) is 0 Å². The van der Waals surface area contributed by atoms with E-state index in [1.165, 1.54) is 0 Å². The summed E-state index contributed by atoms with van der Waals surface area (Å²) < 4.78 is 27.7. The first-order valence-corrected chi connectivity index (χ1v) is 7.72. The summed E-state index contributed by atoms with van der Waals surface area (Å²) in [4.78, 5) is 2.35. The fourth-order valence-electron chi connectivity index (χ4n) is 2.21. The smallest absolute Gasteiger partial charge is 0.151 e. The summed E-state index contributed by atoms with van der Waals surface area (Å²) >= 11 is 0. The average molecular weight is 248 g/mol. The van der Waals surface area contributed by atoms with Gasteiger partial charge in [-0.05, 0) is 6.42 Å². The maximum atomic E-state index is 11.2. The molecule has 2 heterocycles. The molecule has 2 aliphatic heterocycles. The summed E-state index contributed by atoms with van der Waals surface area (Å²) in [6.07, 6.45) is 0.769. The molecular weight excluding hydrogens is 228 g/mol. The minimum absolute atomic E-state index is 0.172. The van der Waals surface area contributed by atoms with E-state index in [0.29, 0.717) is 11.5 Å². The Morgan fingerprint density at radius 1 is 1.31 bits per heavy atom. The Morgan fingerprint density at radius 3 is 2.69 bits per heavy atom. The van der Waals surface area contributed by atoms with Crippen LogP contribution >= 0.6 is 0 Å². The van der Waals surface area contributed by atoms with E-state index in [1.54, 1.807) is 0 Å². The second kappa shape index (κ2) is 5.44. The van der Waals surface area contributed by atoms with Gasteiger partial charge in [0, 0.05) is 32.2 Å². The lowest BCUT2D eigenvalue weighted by atomic mass is 10.2. The summed E-state index contributed by atoms with van der Waals surface area (Å²) in [5.41, 5.74) is 0. The second-order valence-corrected chi connectivity index (χ2v) is 6.74. The molecule has 2 saturated heterocycles. The highest BCUT2D eigenvalue weighted by Gasteiger charge is 2.27. The summed E-state index contributed by atoms with van der Waals surface area (Å²) in [6.45, 7) is 5.48. The van der Waals surface area contributed by atoms with Gasteiger partial charge in [-0.3, -0.25) is 4.90 Å². The number of hydrogen-bond donors (Lipinski definition) is 1. The van der Waals surface area contributed by atoms with Gasteiger partial charge in [0.2, 0.25) is 0 Å². The fourth-order valence-corrected chi connectivity index (χ4v) is 3.92. The fraction of sp³-hybridized carbons (Fsp3) is 1.00. The van der Waals surface area contributed by atoms with Crippen LogP contribution in [0, 0.1) is 0 Å². The molecule has 0 spiro atoms. The highest BCUT2D eigenvalue weighted by atomic mass is 32.2. The Labute approximate surface area is 97.1 Å². The summed E-state index contributed by atoms with van der Waals surface area (Å²) in [5, 5.41) is 3.32. The predicted octanol–water partition coefficient (Wildman–Crippen LogP) is -0.905. The molecule has 0 aromatic rings. The third-order valence-corrected chi connectivity index (χ3v) is 4.97. The largest absolute Gasteiger partial charge is 0.379 e. The van der Waals surface area contributed by atoms with Crippen molar-refractivity contribution >= 4 is 9.84 Å². The molecular formula is C10H20N2O3S. The highest BCUT2D eigenvalue weighted by Crippen LogP contribution is 2.10. The number of morpholine rings is 1. The summed E-state index contributed by atoms with van der Waals surface area (Å²) in [5.74, 6) is 0.665. The van der Waals surface area contributed by atoms with E-state index in [2.05, 4.69) is 10.2 Å². The molecule has 2 rings (SSSR count). The highest BCUT2D eigenvalue weighted by molar-refractivity contribution is 7.91. The summed E-state index contributed by atoms with van der Waals surface area (Å²) in [6, 6.07) is 0.172. The monoisotopic (exact) mass is 248 g/mol. The van der Waals surface area contributed by atoms with Crippen molar-refractivity contribution in [1.82, 2.24) is 10.2 Å². The molecule has 2 aliphatic rings. The molecule has 5 nitrogen and oxygen atoms in total. The number of rotatable bonds is 4. The van der Waals surface area contributed by atoms with Gasteiger partial charge in [0.1, 0.15) is 0 Å². The number of sulfone groups is 1. The molecule has 2 fully saturated rings. The Hall–Kier alpha value is -0.170. The number of ether oxygens (including phenoxy) is 1. The van der Waals surface area contributed by atoms with E-state index in [4.69, 9.17) is 4.74 Å². The minimum Gasteiger partial charge on any atom is -0.379 e. The maximum Gasteiger partial charge on any atom is 0.151 e. The molecule has 0 aromatic carbocycles. The molecule has 1 N–H and O–H groups in total. The first kappa shape index (κ1) is 12.3. The molecule has 94 valence electrons. The zero-order valence-electron chi connectivity index (χ0n) is 9.52. The minimum atomic E-state index is -2.75. The van der Waals surface area contributed by atoms with E-state index in [9.17, 15) is 8.42 Å². The number of hydrogen-bond acceptors (Lipinski definition) is 5. The van der Waals surface area contributed by atoms with Gasteiger partial charge in [-0.1, -0.05) is 0 Å². The quantitative estimate of drug-likeness (QED) is 0.698. The van der Waals surface area contributed by atoms with Crippen molar-refractivity contribution in [2.24, 2.45) is 0 Å². The zero-order valence-corrected chi connectivity index (χ0v) is 10.3. The average Bonchev–Trinajstić information content (AvgIpc) is 2.60. The lowest BCUT2D eigenvalue weighted by Gasteiger charge is -2.27. The van der Waals surface area contributed by atoms with Gasteiger partial charge in [0.05, 0.1) is 24.7 Å². The van der Waals surface area contributed by atoms with Crippen molar-refractivity contribution in [2.45, 2.75) is 12.5 Å². The predicted molar refractivity (Wildman–Crippen MR) is 62.3 cm³/mol. The van der Waals surface area contributed by atoms with Crippen LogP contribution in [0.15, 0.2) is 0 Å². The van der Waals surface area contributed by atoms with Crippen molar-refractivity contribution in [3.8, 4) is 0 Å². The Bertz CT molecular complexity index is 312. The Balaban J connectivity index is 1.61. The molecule has 0 aromatic heterocycles. The molecule has 0 bridgehead atoms. The van der Waals surface area contributed by atoms with Crippen LogP contribution in [0.4, 0.5) is 0 Å². The van der Waals surface area contributed by atoms with Gasteiger partial charge < -0.3 is 10.1 Å². The molecule has 0 saturated carbocycles. The SMILES string of the molecule is O=S1(=O)CC[C@@H](NCCN2CCOCC2)C1. The van der Waals surface area contributed by atoms with Gasteiger partial charge in [0.15, 0.2) is 9.84 Å². The molecule has 0 unspecified atom stereocenters. The van der Waals surface area contributed by atoms with Crippen LogP contribution in [0.3, 0.4) is 0 Å². The molecule has 0 amide bonds. The van der Waals surface area contributed by atoms with Gasteiger partial charge in [0.25, 0.3) is 0 Å². The zero-order chi connectivity index (χ0) is 11.4. The molecule has 0 aliphatic carbocycles. The number of nitrogens with zero attached hydrogens (tertiary/aromatic N) is 1. The van der Waals surface area contributed by atoms with Crippen molar-refractivity contribution in [3.63, 3.8) is 0 Å². The first-order chi connectivity index (χ1) is 7.66. The van der Waals surface area contributed by atoms with Crippen LogP contribution in [0.5, 0.6) is 0 Å². The van der Waals surface area contributed by atoms with Crippen LogP contribution in [0.2, 0.25) is 0 Å². The Morgan fingerprint density at radius 2 is 2.06 bits per heavy atom. The van der Waals surface area contributed by atoms with E-state index < -0.39 is 9.84 Å². The normalized spacial score (nSPS) is 30.6. The first-order valence-electron chi connectivity index (χ1n) is 5.90. The van der Waals surface area contributed by atoms with Crippen molar-refractivity contribution in [3.05, 3.63) is 0 Å². The molecule has 1 atom stereocenters. The van der Waals surface area contributed by atoms with Crippen LogP contribution in [0.1, 0.15) is 6.42 Å². The van der Waals surface area contributed by atoms with E-state index >= 15 is 0 Å². The third-order valence-electron chi connectivity index (χ3n) is 3.20. The summed E-state index contributed by atoms with van der Waals surface area (Å²) in [7, 11) is -2.75. The molecule has 6 heteroatoms. The van der Waals surface area contributed by atoms with Gasteiger partial charge in [-0.25, -0.2) is 8.42 Å². The topological polar surface area (TPSA) is 58.6 Å².